The monoisotopic (exact) mass is 289 g/mol. The number of nitrogens with one attached hydrogen (secondary N) is 1. The molecule has 0 aliphatic heterocycles. The predicted molar refractivity (Wildman–Crippen MR) is 88.0 cm³/mol. The highest BCUT2D eigenvalue weighted by Crippen LogP contribution is 2.22. The standard InChI is InChI=1S/C16H27N5/c1-6-21-13-10-8-7-9-12(13)18-15(21)11-14(19-17)16(2,3)20(4)5/h7-10,14,19H,6,11,17H2,1-5H3. The normalized spacial score (nSPS) is 14.0. The van der Waals surface area contributed by atoms with Crippen LogP contribution in [-0.4, -0.2) is 40.1 Å². The van der Waals surface area contributed by atoms with Gasteiger partial charge >= 0.3 is 0 Å². The molecule has 21 heavy (non-hydrogen) atoms. The molecule has 1 atom stereocenters. The second-order valence-corrected chi connectivity index (χ2v) is 6.23. The SMILES string of the molecule is CCn1c(CC(NN)C(C)(C)N(C)C)nc2ccccc21. The predicted octanol–water partition coefficient (Wildman–Crippen LogP) is 1.77. The first-order chi connectivity index (χ1) is 9.91. The van der Waals surface area contributed by atoms with Gasteiger partial charge < -0.3 is 9.47 Å². The summed E-state index contributed by atoms with van der Waals surface area (Å²) in [6, 6.07) is 8.39. The maximum Gasteiger partial charge on any atom is 0.111 e. The van der Waals surface area contributed by atoms with Crippen molar-refractivity contribution in [1.82, 2.24) is 19.9 Å². The van der Waals surface area contributed by atoms with Crippen LogP contribution in [0, 0.1) is 0 Å². The highest BCUT2D eigenvalue weighted by Gasteiger charge is 2.32. The second kappa shape index (κ2) is 6.13. The van der Waals surface area contributed by atoms with E-state index in [1.54, 1.807) is 0 Å². The van der Waals surface area contributed by atoms with Crippen molar-refractivity contribution in [3.05, 3.63) is 30.1 Å². The Labute approximate surface area is 127 Å². The van der Waals surface area contributed by atoms with Crippen LogP contribution >= 0.6 is 0 Å². The van der Waals surface area contributed by atoms with Crippen LogP contribution in [0.1, 0.15) is 26.6 Å². The minimum atomic E-state index is -0.0640. The Kier molecular flexibility index (Phi) is 4.66. The summed E-state index contributed by atoms with van der Waals surface area (Å²) in [5.41, 5.74) is 5.15. The first-order valence-corrected chi connectivity index (χ1v) is 7.49. The van der Waals surface area contributed by atoms with Gasteiger partial charge in [0.05, 0.1) is 11.0 Å². The van der Waals surface area contributed by atoms with E-state index in [9.17, 15) is 0 Å². The van der Waals surface area contributed by atoms with Gasteiger partial charge in [-0.3, -0.25) is 11.3 Å². The molecule has 0 spiro atoms. The number of imidazole rings is 1. The van der Waals surface area contributed by atoms with Crippen LogP contribution in [-0.2, 0) is 13.0 Å². The van der Waals surface area contributed by atoms with Gasteiger partial charge in [0.25, 0.3) is 0 Å². The Balaban J connectivity index is 2.38. The van der Waals surface area contributed by atoms with Gasteiger partial charge in [-0.1, -0.05) is 12.1 Å². The number of benzene rings is 1. The third kappa shape index (κ3) is 2.95. The van der Waals surface area contributed by atoms with E-state index in [1.807, 2.05) is 6.07 Å². The molecule has 0 saturated carbocycles. The van der Waals surface area contributed by atoms with Gasteiger partial charge in [-0.25, -0.2) is 4.98 Å². The van der Waals surface area contributed by atoms with E-state index in [4.69, 9.17) is 10.8 Å². The summed E-state index contributed by atoms with van der Waals surface area (Å²) in [5, 5.41) is 0. The molecule has 1 heterocycles. The quantitative estimate of drug-likeness (QED) is 0.628. The van der Waals surface area contributed by atoms with Crippen LogP contribution < -0.4 is 11.3 Å². The minimum Gasteiger partial charge on any atom is -0.328 e. The second-order valence-electron chi connectivity index (χ2n) is 6.23. The maximum absolute atomic E-state index is 5.82. The zero-order valence-electron chi connectivity index (χ0n) is 13.7. The molecule has 0 radical (unpaired) electrons. The van der Waals surface area contributed by atoms with Gasteiger partial charge in [-0.2, -0.15) is 0 Å². The Morgan fingerprint density at radius 1 is 1.33 bits per heavy atom. The zero-order valence-corrected chi connectivity index (χ0v) is 13.7. The summed E-state index contributed by atoms with van der Waals surface area (Å²) < 4.78 is 2.27. The summed E-state index contributed by atoms with van der Waals surface area (Å²) in [4.78, 5) is 6.98. The van der Waals surface area contributed by atoms with Crippen molar-refractivity contribution < 1.29 is 0 Å². The van der Waals surface area contributed by atoms with Crippen molar-refractivity contribution in [3.63, 3.8) is 0 Å². The Morgan fingerprint density at radius 3 is 2.57 bits per heavy atom. The van der Waals surface area contributed by atoms with Gasteiger partial charge in [0.2, 0.25) is 0 Å². The summed E-state index contributed by atoms with van der Waals surface area (Å²) in [7, 11) is 4.15. The van der Waals surface area contributed by atoms with Crippen molar-refractivity contribution >= 4 is 11.0 Å². The lowest BCUT2D eigenvalue weighted by Gasteiger charge is -2.39. The number of rotatable bonds is 6. The molecule has 0 fully saturated rings. The fourth-order valence-corrected chi connectivity index (χ4v) is 2.64. The molecule has 2 rings (SSSR count). The molecule has 0 amide bonds. The van der Waals surface area contributed by atoms with Crippen molar-refractivity contribution in [2.45, 2.75) is 45.3 Å². The number of likely N-dealkylation sites (N-methyl/N-ethyl adjacent to an activating group) is 1. The van der Waals surface area contributed by atoms with Crippen LogP contribution in [0.4, 0.5) is 0 Å². The molecule has 1 aromatic carbocycles. The fraction of sp³-hybridized carbons (Fsp3) is 0.562. The van der Waals surface area contributed by atoms with Crippen LogP contribution in [0.15, 0.2) is 24.3 Å². The number of nitrogens with zero attached hydrogens (tertiary/aromatic N) is 3. The van der Waals surface area contributed by atoms with Crippen molar-refractivity contribution in [2.75, 3.05) is 14.1 Å². The number of aryl methyl sites for hydroxylation is 1. The van der Waals surface area contributed by atoms with E-state index in [2.05, 4.69) is 68.0 Å². The number of aromatic nitrogens is 2. The van der Waals surface area contributed by atoms with Crippen LogP contribution in [0.25, 0.3) is 11.0 Å². The number of hydrazine groups is 1. The van der Waals surface area contributed by atoms with Crippen LogP contribution in [0.5, 0.6) is 0 Å². The molecule has 2 aromatic rings. The largest absolute Gasteiger partial charge is 0.328 e. The van der Waals surface area contributed by atoms with E-state index >= 15 is 0 Å². The highest BCUT2D eigenvalue weighted by molar-refractivity contribution is 5.75. The molecule has 116 valence electrons. The lowest BCUT2D eigenvalue weighted by Crippen LogP contribution is -2.58. The van der Waals surface area contributed by atoms with E-state index in [1.165, 1.54) is 5.52 Å². The average Bonchev–Trinajstić information content (AvgIpc) is 2.81. The minimum absolute atomic E-state index is 0.0640. The zero-order chi connectivity index (χ0) is 15.6. The van der Waals surface area contributed by atoms with E-state index in [0.717, 1.165) is 24.3 Å². The Bertz CT molecular complexity index is 600. The average molecular weight is 289 g/mol. The van der Waals surface area contributed by atoms with Crippen LogP contribution in [0.3, 0.4) is 0 Å². The van der Waals surface area contributed by atoms with Gasteiger partial charge in [0, 0.05) is 24.5 Å². The molecule has 1 unspecified atom stereocenters. The number of hydrogen-bond donors (Lipinski definition) is 2. The van der Waals surface area contributed by atoms with Crippen molar-refractivity contribution in [2.24, 2.45) is 5.84 Å². The van der Waals surface area contributed by atoms with Gasteiger partial charge in [0.15, 0.2) is 0 Å². The molecular weight excluding hydrogens is 262 g/mol. The van der Waals surface area contributed by atoms with Gasteiger partial charge in [-0.05, 0) is 47.0 Å². The Morgan fingerprint density at radius 2 is 2.00 bits per heavy atom. The first-order valence-electron chi connectivity index (χ1n) is 7.49. The smallest absolute Gasteiger partial charge is 0.111 e. The maximum atomic E-state index is 5.82. The summed E-state index contributed by atoms with van der Waals surface area (Å²) in [6.07, 6.45) is 0.796. The molecular formula is C16H27N5. The number of hydrogen-bond acceptors (Lipinski definition) is 4. The molecule has 5 nitrogen and oxygen atoms in total. The number of nitrogens with two attached hydrogens (primary N) is 1. The Hall–Kier alpha value is -1.43. The first kappa shape index (κ1) is 15.9. The topological polar surface area (TPSA) is 59.1 Å². The van der Waals surface area contributed by atoms with Crippen molar-refractivity contribution in [1.29, 1.82) is 0 Å². The van der Waals surface area contributed by atoms with E-state index < -0.39 is 0 Å². The summed E-state index contributed by atoms with van der Waals surface area (Å²) >= 11 is 0. The molecule has 0 aliphatic rings. The number of fused-ring (bicyclic) bond motifs is 1. The molecule has 1 aromatic heterocycles. The van der Waals surface area contributed by atoms with Gasteiger partial charge in [0.1, 0.15) is 5.82 Å². The van der Waals surface area contributed by atoms with Gasteiger partial charge in [-0.15, -0.1) is 0 Å². The molecule has 3 N–H and O–H groups in total. The van der Waals surface area contributed by atoms with Crippen LogP contribution in [0.2, 0.25) is 0 Å². The number of para-hydroxylation sites is 2. The molecule has 0 saturated heterocycles. The molecule has 0 aliphatic carbocycles. The third-order valence-corrected chi connectivity index (χ3v) is 4.64. The molecule has 5 heteroatoms. The summed E-state index contributed by atoms with van der Waals surface area (Å²) in [6.45, 7) is 7.45. The highest BCUT2D eigenvalue weighted by atomic mass is 15.3. The van der Waals surface area contributed by atoms with Crippen molar-refractivity contribution in [3.8, 4) is 0 Å². The lowest BCUT2D eigenvalue weighted by atomic mass is 9.91. The third-order valence-electron chi connectivity index (χ3n) is 4.64. The van der Waals surface area contributed by atoms with E-state index in [-0.39, 0.29) is 11.6 Å². The summed E-state index contributed by atoms with van der Waals surface area (Å²) in [5.74, 6) is 6.90. The molecule has 0 bridgehead atoms. The lowest BCUT2D eigenvalue weighted by molar-refractivity contribution is 0.136. The fourth-order valence-electron chi connectivity index (χ4n) is 2.64. The van der Waals surface area contributed by atoms with E-state index in [0.29, 0.717) is 0 Å².